The molecule has 0 aromatic heterocycles. The summed E-state index contributed by atoms with van der Waals surface area (Å²) in [6.45, 7) is 14.9. The minimum absolute atomic E-state index is 0.400. The van der Waals surface area contributed by atoms with Gasteiger partial charge in [0.2, 0.25) is 0 Å². The van der Waals surface area contributed by atoms with E-state index in [9.17, 15) is 5.11 Å². The summed E-state index contributed by atoms with van der Waals surface area (Å²) in [6, 6.07) is 6.94. The quantitative estimate of drug-likeness (QED) is 0.763. The number of rotatable bonds is 8. The summed E-state index contributed by atoms with van der Waals surface area (Å²) < 4.78 is 0. The average molecular weight is 291 g/mol. The van der Waals surface area contributed by atoms with Crippen LogP contribution in [-0.4, -0.2) is 29.1 Å². The van der Waals surface area contributed by atoms with Crippen LogP contribution in [0.3, 0.4) is 0 Å². The minimum Gasteiger partial charge on any atom is -0.387 e. The lowest BCUT2D eigenvalue weighted by Crippen LogP contribution is -2.40. The summed E-state index contributed by atoms with van der Waals surface area (Å²) in [5.41, 5.74) is 3.50. The largest absolute Gasteiger partial charge is 0.387 e. The van der Waals surface area contributed by atoms with Crippen LogP contribution in [0.2, 0.25) is 0 Å². The molecule has 0 aliphatic carbocycles. The Kier molecular flexibility index (Phi) is 7.41. The molecule has 0 aliphatic rings. The van der Waals surface area contributed by atoms with Gasteiger partial charge in [-0.1, -0.05) is 57.0 Å². The zero-order valence-corrected chi connectivity index (χ0v) is 14.7. The summed E-state index contributed by atoms with van der Waals surface area (Å²) in [5, 5.41) is 10.7. The Hall–Kier alpha value is -0.860. The second-order valence-corrected chi connectivity index (χ2v) is 6.75. The molecule has 0 fully saturated rings. The van der Waals surface area contributed by atoms with E-state index in [1.165, 1.54) is 11.1 Å². The predicted octanol–water partition coefficient (Wildman–Crippen LogP) is 4.48. The molecule has 1 rings (SSSR count). The smallest absolute Gasteiger partial charge is 0.0917 e. The van der Waals surface area contributed by atoms with Gasteiger partial charge in [0, 0.05) is 19.1 Å². The molecule has 1 N–H and O–H groups in total. The van der Waals surface area contributed by atoms with Crippen molar-refractivity contribution in [3.05, 3.63) is 34.9 Å². The van der Waals surface area contributed by atoms with Crippen molar-refractivity contribution in [2.75, 3.05) is 13.1 Å². The minimum atomic E-state index is -0.400. The normalized spacial score (nSPS) is 13.4. The van der Waals surface area contributed by atoms with Gasteiger partial charge in [-0.15, -0.1) is 0 Å². The van der Waals surface area contributed by atoms with Crippen molar-refractivity contribution in [2.24, 2.45) is 5.92 Å². The van der Waals surface area contributed by atoms with E-state index in [0.29, 0.717) is 12.0 Å². The molecule has 0 heterocycles. The predicted molar refractivity (Wildman–Crippen MR) is 91.7 cm³/mol. The van der Waals surface area contributed by atoms with Gasteiger partial charge in [-0.2, -0.15) is 0 Å². The van der Waals surface area contributed by atoms with Crippen LogP contribution in [0.15, 0.2) is 18.2 Å². The molecule has 0 spiro atoms. The van der Waals surface area contributed by atoms with Crippen LogP contribution >= 0.6 is 0 Å². The molecular weight excluding hydrogens is 258 g/mol. The SMILES string of the molecule is CCC(CC)N(CC(C)C)CC(O)c1cc(C)cc(C)c1. The van der Waals surface area contributed by atoms with E-state index in [0.717, 1.165) is 31.5 Å². The van der Waals surface area contributed by atoms with Crippen molar-refractivity contribution in [3.63, 3.8) is 0 Å². The molecule has 0 amide bonds. The summed E-state index contributed by atoms with van der Waals surface area (Å²) in [5.74, 6) is 0.622. The third-order valence-electron chi connectivity index (χ3n) is 4.09. The average Bonchev–Trinajstić information content (AvgIpc) is 2.38. The molecule has 1 aromatic rings. The van der Waals surface area contributed by atoms with Gasteiger partial charge >= 0.3 is 0 Å². The highest BCUT2D eigenvalue weighted by atomic mass is 16.3. The van der Waals surface area contributed by atoms with Crippen molar-refractivity contribution >= 4 is 0 Å². The molecular formula is C19H33NO. The van der Waals surface area contributed by atoms with Gasteiger partial charge in [0.25, 0.3) is 0 Å². The fourth-order valence-corrected chi connectivity index (χ4v) is 3.18. The van der Waals surface area contributed by atoms with E-state index in [4.69, 9.17) is 0 Å². The first-order valence-electron chi connectivity index (χ1n) is 8.37. The van der Waals surface area contributed by atoms with Gasteiger partial charge in [-0.3, -0.25) is 4.90 Å². The van der Waals surface area contributed by atoms with Crippen molar-refractivity contribution in [2.45, 2.75) is 66.5 Å². The first-order chi connectivity index (χ1) is 9.87. The van der Waals surface area contributed by atoms with E-state index < -0.39 is 6.10 Å². The van der Waals surface area contributed by atoms with E-state index >= 15 is 0 Å². The third kappa shape index (κ3) is 5.80. The Labute approximate surface area is 131 Å². The molecule has 2 nitrogen and oxygen atoms in total. The Bertz CT molecular complexity index is 403. The van der Waals surface area contributed by atoms with Gasteiger partial charge in [-0.25, -0.2) is 0 Å². The lowest BCUT2D eigenvalue weighted by molar-refractivity contribution is 0.0750. The second-order valence-electron chi connectivity index (χ2n) is 6.75. The first kappa shape index (κ1) is 18.2. The Morgan fingerprint density at radius 3 is 1.90 bits per heavy atom. The third-order valence-corrected chi connectivity index (χ3v) is 4.09. The monoisotopic (exact) mass is 291 g/mol. The van der Waals surface area contributed by atoms with Crippen molar-refractivity contribution < 1.29 is 5.11 Å². The number of benzene rings is 1. The van der Waals surface area contributed by atoms with Gasteiger partial charge in [0.05, 0.1) is 6.10 Å². The zero-order chi connectivity index (χ0) is 16.0. The maximum Gasteiger partial charge on any atom is 0.0917 e. The fraction of sp³-hybridized carbons (Fsp3) is 0.684. The lowest BCUT2D eigenvalue weighted by Gasteiger charge is -2.33. The van der Waals surface area contributed by atoms with Crippen molar-refractivity contribution in [1.29, 1.82) is 0 Å². The Balaban J connectivity index is 2.85. The number of hydrogen-bond donors (Lipinski definition) is 1. The molecule has 0 saturated heterocycles. The zero-order valence-electron chi connectivity index (χ0n) is 14.7. The number of aryl methyl sites for hydroxylation is 2. The van der Waals surface area contributed by atoms with Crippen LogP contribution in [-0.2, 0) is 0 Å². The maximum atomic E-state index is 10.7. The van der Waals surface area contributed by atoms with E-state index in [1.807, 2.05) is 0 Å². The second kappa shape index (κ2) is 8.55. The number of aliphatic hydroxyl groups excluding tert-OH is 1. The molecule has 1 atom stereocenters. The van der Waals surface area contributed by atoms with Crippen LogP contribution in [0, 0.1) is 19.8 Å². The van der Waals surface area contributed by atoms with Crippen LogP contribution in [0.5, 0.6) is 0 Å². The van der Waals surface area contributed by atoms with Crippen LogP contribution in [0.25, 0.3) is 0 Å². The van der Waals surface area contributed by atoms with Gasteiger partial charge < -0.3 is 5.11 Å². The van der Waals surface area contributed by atoms with Crippen molar-refractivity contribution in [1.82, 2.24) is 4.90 Å². The molecule has 1 aromatic carbocycles. The van der Waals surface area contributed by atoms with Gasteiger partial charge in [-0.05, 0) is 38.2 Å². The summed E-state index contributed by atoms with van der Waals surface area (Å²) in [6.07, 6.45) is 1.88. The highest BCUT2D eigenvalue weighted by Crippen LogP contribution is 2.21. The number of aliphatic hydroxyl groups is 1. The highest BCUT2D eigenvalue weighted by molar-refractivity contribution is 5.30. The van der Waals surface area contributed by atoms with Gasteiger partial charge in [0.15, 0.2) is 0 Å². The van der Waals surface area contributed by atoms with E-state index in [-0.39, 0.29) is 0 Å². The van der Waals surface area contributed by atoms with Crippen molar-refractivity contribution in [3.8, 4) is 0 Å². The number of nitrogens with zero attached hydrogens (tertiary/aromatic N) is 1. The molecule has 1 unspecified atom stereocenters. The standard InChI is InChI=1S/C19H33NO/c1-7-18(8-2)20(12-14(3)4)13-19(21)17-10-15(5)9-16(6)11-17/h9-11,14,18-19,21H,7-8,12-13H2,1-6H3. The fourth-order valence-electron chi connectivity index (χ4n) is 3.18. The molecule has 0 bridgehead atoms. The molecule has 2 heteroatoms. The summed E-state index contributed by atoms with van der Waals surface area (Å²) in [7, 11) is 0. The molecule has 0 saturated carbocycles. The Morgan fingerprint density at radius 2 is 1.48 bits per heavy atom. The molecule has 0 radical (unpaired) electrons. The van der Waals surface area contributed by atoms with E-state index in [2.05, 4.69) is 64.6 Å². The topological polar surface area (TPSA) is 23.5 Å². The maximum absolute atomic E-state index is 10.7. The van der Waals surface area contributed by atoms with Gasteiger partial charge in [0.1, 0.15) is 0 Å². The summed E-state index contributed by atoms with van der Waals surface area (Å²) in [4.78, 5) is 2.47. The molecule has 0 aliphatic heterocycles. The highest BCUT2D eigenvalue weighted by Gasteiger charge is 2.20. The molecule has 120 valence electrons. The lowest BCUT2D eigenvalue weighted by atomic mass is 10.0. The van der Waals surface area contributed by atoms with Crippen LogP contribution < -0.4 is 0 Å². The van der Waals surface area contributed by atoms with Crippen LogP contribution in [0.1, 0.15) is 63.3 Å². The van der Waals surface area contributed by atoms with Crippen LogP contribution in [0.4, 0.5) is 0 Å². The first-order valence-corrected chi connectivity index (χ1v) is 8.37. The Morgan fingerprint density at radius 1 is 0.952 bits per heavy atom. The van der Waals surface area contributed by atoms with E-state index in [1.54, 1.807) is 0 Å². The summed E-state index contributed by atoms with van der Waals surface area (Å²) >= 11 is 0. The number of hydrogen-bond acceptors (Lipinski definition) is 2. The molecule has 21 heavy (non-hydrogen) atoms.